The number of rotatable bonds is 6. The fourth-order valence-corrected chi connectivity index (χ4v) is 2.65. The molecule has 126 valence electrons. The van der Waals surface area contributed by atoms with Crippen LogP contribution in [0, 0.1) is 10.1 Å². The molecule has 0 atom stereocenters. The minimum Gasteiger partial charge on any atom is -0.462 e. The van der Waals surface area contributed by atoms with Gasteiger partial charge in [-0.2, -0.15) is 0 Å². The lowest BCUT2D eigenvalue weighted by atomic mass is 10.1. The zero-order chi connectivity index (χ0) is 17.7. The molecular formula is C15H15N3O5S. The van der Waals surface area contributed by atoms with Crippen molar-refractivity contribution in [2.45, 2.75) is 13.5 Å². The molecule has 0 aliphatic heterocycles. The van der Waals surface area contributed by atoms with Gasteiger partial charge in [-0.1, -0.05) is 0 Å². The Bertz CT molecular complexity index is 760. The third kappa shape index (κ3) is 4.13. The van der Waals surface area contributed by atoms with Gasteiger partial charge in [0.15, 0.2) is 0 Å². The van der Waals surface area contributed by atoms with E-state index >= 15 is 0 Å². The van der Waals surface area contributed by atoms with E-state index < -0.39 is 16.8 Å². The second kappa shape index (κ2) is 7.64. The van der Waals surface area contributed by atoms with Crippen LogP contribution in [-0.2, 0) is 11.3 Å². The van der Waals surface area contributed by atoms with E-state index in [9.17, 15) is 19.7 Å². The number of nitrogens with zero attached hydrogens (tertiary/aromatic N) is 3. The van der Waals surface area contributed by atoms with E-state index in [0.717, 1.165) is 17.0 Å². The number of esters is 1. The van der Waals surface area contributed by atoms with Crippen molar-refractivity contribution in [1.29, 1.82) is 0 Å². The van der Waals surface area contributed by atoms with Crippen LogP contribution in [0.1, 0.15) is 32.5 Å². The van der Waals surface area contributed by atoms with Gasteiger partial charge in [-0.05, 0) is 30.6 Å². The molecule has 0 radical (unpaired) electrons. The summed E-state index contributed by atoms with van der Waals surface area (Å²) < 4.78 is 8.81. The summed E-state index contributed by atoms with van der Waals surface area (Å²) in [5, 5.41) is 11.1. The predicted molar refractivity (Wildman–Crippen MR) is 87.0 cm³/mol. The van der Waals surface area contributed by atoms with Crippen molar-refractivity contribution >= 4 is 29.1 Å². The molecule has 2 rings (SSSR count). The molecule has 0 saturated heterocycles. The lowest BCUT2D eigenvalue weighted by Crippen LogP contribution is -2.26. The van der Waals surface area contributed by atoms with Crippen molar-refractivity contribution in [3.63, 3.8) is 0 Å². The zero-order valence-electron chi connectivity index (χ0n) is 13.1. The Morgan fingerprint density at radius 2 is 2.04 bits per heavy atom. The quantitative estimate of drug-likeness (QED) is 0.451. The van der Waals surface area contributed by atoms with Gasteiger partial charge in [-0.25, -0.2) is 9.17 Å². The van der Waals surface area contributed by atoms with E-state index in [1.54, 1.807) is 26.2 Å². The Balaban J connectivity index is 2.31. The summed E-state index contributed by atoms with van der Waals surface area (Å²) >= 11 is 1.26. The number of aromatic nitrogens is 1. The topological polar surface area (TPSA) is 103 Å². The van der Waals surface area contributed by atoms with Gasteiger partial charge in [0.25, 0.3) is 11.6 Å². The molecule has 0 N–H and O–H groups in total. The number of carbonyl (C=O) groups excluding carboxylic acids is 2. The normalized spacial score (nSPS) is 10.2. The fourth-order valence-electron chi connectivity index (χ4n) is 2.02. The van der Waals surface area contributed by atoms with Gasteiger partial charge in [0, 0.05) is 35.8 Å². The second-order valence-corrected chi connectivity index (χ2v) is 5.80. The molecule has 1 heterocycles. The third-order valence-corrected chi connectivity index (χ3v) is 3.84. The van der Waals surface area contributed by atoms with Crippen molar-refractivity contribution in [1.82, 2.24) is 9.27 Å². The van der Waals surface area contributed by atoms with Crippen LogP contribution in [-0.4, -0.2) is 39.7 Å². The first-order chi connectivity index (χ1) is 11.4. The van der Waals surface area contributed by atoms with Crippen LogP contribution in [0.5, 0.6) is 0 Å². The maximum atomic E-state index is 12.5. The van der Waals surface area contributed by atoms with Gasteiger partial charge in [-0.3, -0.25) is 14.9 Å². The number of carbonyl (C=O) groups is 2. The molecule has 0 aliphatic rings. The van der Waals surface area contributed by atoms with E-state index in [4.69, 9.17) is 4.74 Å². The van der Waals surface area contributed by atoms with Gasteiger partial charge in [0.1, 0.15) is 0 Å². The molecule has 2 aromatic rings. The summed E-state index contributed by atoms with van der Waals surface area (Å²) in [6, 6.07) is 5.33. The highest BCUT2D eigenvalue weighted by Gasteiger charge is 2.21. The zero-order valence-corrected chi connectivity index (χ0v) is 13.9. The Hall–Kier alpha value is -2.81. The molecule has 0 spiro atoms. The first-order valence-corrected chi connectivity index (χ1v) is 7.81. The Morgan fingerprint density at radius 3 is 2.62 bits per heavy atom. The third-order valence-electron chi connectivity index (χ3n) is 3.12. The SMILES string of the molecule is CCOC(=O)c1cc(C(=O)N(C)Cc2ccns2)cc([N+](=O)[O-])c1. The summed E-state index contributed by atoms with van der Waals surface area (Å²) in [5.74, 6) is -1.14. The minimum atomic E-state index is -0.708. The maximum absolute atomic E-state index is 12.5. The highest BCUT2D eigenvalue weighted by Crippen LogP contribution is 2.20. The van der Waals surface area contributed by atoms with Crippen molar-refractivity contribution in [3.05, 3.63) is 56.6 Å². The average Bonchev–Trinajstić information content (AvgIpc) is 3.06. The average molecular weight is 349 g/mol. The molecule has 0 fully saturated rings. The number of benzene rings is 1. The van der Waals surface area contributed by atoms with E-state index in [2.05, 4.69) is 4.37 Å². The summed E-state index contributed by atoms with van der Waals surface area (Å²) in [6.07, 6.45) is 1.63. The number of nitro groups is 1. The molecule has 24 heavy (non-hydrogen) atoms. The van der Waals surface area contributed by atoms with Crippen molar-refractivity contribution in [3.8, 4) is 0 Å². The number of ether oxygens (including phenoxy) is 1. The molecular weight excluding hydrogens is 334 g/mol. The minimum absolute atomic E-state index is 0.0272. The molecule has 1 aromatic heterocycles. The lowest BCUT2D eigenvalue weighted by molar-refractivity contribution is -0.384. The van der Waals surface area contributed by atoms with Gasteiger partial charge in [0.2, 0.25) is 0 Å². The van der Waals surface area contributed by atoms with Crippen LogP contribution in [0.15, 0.2) is 30.5 Å². The van der Waals surface area contributed by atoms with Gasteiger partial charge in [-0.15, -0.1) is 0 Å². The van der Waals surface area contributed by atoms with E-state index in [-0.39, 0.29) is 23.4 Å². The molecule has 0 saturated carbocycles. The van der Waals surface area contributed by atoms with E-state index in [1.165, 1.54) is 22.5 Å². The summed E-state index contributed by atoms with van der Waals surface area (Å²) in [5.41, 5.74) is -0.310. The van der Waals surface area contributed by atoms with Crippen LogP contribution in [0.2, 0.25) is 0 Å². The first kappa shape index (κ1) is 17.5. The van der Waals surface area contributed by atoms with Crippen LogP contribution in [0.4, 0.5) is 5.69 Å². The Morgan fingerprint density at radius 1 is 1.33 bits per heavy atom. The highest BCUT2D eigenvalue weighted by atomic mass is 32.1. The van der Waals surface area contributed by atoms with Crippen LogP contribution in [0.3, 0.4) is 0 Å². The van der Waals surface area contributed by atoms with Gasteiger partial charge < -0.3 is 9.64 Å². The van der Waals surface area contributed by atoms with Crippen LogP contribution >= 0.6 is 11.5 Å². The lowest BCUT2D eigenvalue weighted by Gasteiger charge is -2.16. The van der Waals surface area contributed by atoms with Crippen LogP contribution in [0.25, 0.3) is 0 Å². The number of non-ortho nitro benzene ring substituents is 1. The van der Waals surface area contributed by atoms with Crippen molar-refractivity contribution in [2.75, 3.05) is 13.7 Å². The standard InChI is InChI=1S/C15H15N3O5S/c1-3-23-15(20)11-6-10(7-12(8-11)18(21)22)14(19)17(2)9-13-4-5-16-24-13/h4-8H,3,9H2,1-2H3. The summed E-state index contributed by atoms with van der Waals surface area (Å²) in [4.78, 5) is 37.0. The molecule has 0 bridgehead atoms. The van der Waals surface area contributed by atoms with Crippen molar-refractivity contribution in [2.24, 2.45) is 0 Å². The monoisotopic (exact) mass is 349 g/mol. The first-order valence-electron chi connectivity index (χ1n) is 7.04. The van der Waals surface area contributed by atoms with E-state index in [0.29, 0.717) is 6.54 Å². The smallest absolute Gasteiger partial charge is 0.338 e. The second-order valence-electron chi connectivity index (χ2n) is 4.89. The Labute approximate surface area is 142 Å². The van der Waals surface area contributed by atoms with E-state index in [1.807, 2.05) is 0 Å². The molecule has 1 amide bonds. The fraction of sp³-hybridized carbons (Fsp3) is 0.267. The molecule has 1 aromatic carbocycles. The van der Waals surface area contributed by atoms with Crippen molar-refractivity contribution < 1.29 is 19.2 Å². The maximum Gasteiger partial charge on any atom is 0.338 e. The number of amides is 1. The number of nitro benzene ring substituents is 1. The summed E-state index contributed by atoms with van der Waals surface area (Å²) in [6.45, 7) is 2.08. The largest absolute Gasteiger partial charge is 0.462 e. The van der Waals surface area contributed by atoms with Gasteiger partial charge >= 0.3 is 5.97 Å². The molecule has 0 aliphatic carbocycles. The van der Waals surface area contributed by atoms with Gasteiger partial charge in [0.05, 0.1) is 23.6 Å². The molecule has 8 nitrogen and oxygen atoms in total. The van der Waals surface area contributed by atoms with Crippen LogP contribution < -0.4 is 0 Å². The number of hydrogen-bond acceptors (Lipinski definition) is 7. The predicted octanol–water partition coefficient (Wildman–Crippen LogP) is 2.50. The Kier molecular flexibility index (Phi) is 5.59. The molecule has 0 unspecified atom stereocenters. The highest BCUT2D eigenvalue weighted by molar-refractivity contribution is 7.05. The number of hydrogen-bond donors (Lipinski definition) is 0. The summed E-state index contributed by atoms with van der Waals surface area (Å²) in [7, 11) is 1.57. The molecule has 9 heteroatoms.